The van der Waals surface area contributed by atoms with E-state index < -0.39 is 0 Å². The molecule has 0 bridgehead atoms. The van der Waals surface area contributed by atoms with Gasteiger partial charge in [-0.1, -0.05) is 23.7 Å². The molecule has 0 spiro atoms. The third-order valence-electron chi connectivity index (χ3n) is 2.85. The van der Waals surface area contributed by atoms with Crippen molar-refractivity contribution in [2.75, 3.05) is 19.7 Å². The van der Waals surface area contributed by atoms with Crippen LogP contribution in [-0.4, -0.2) is 31.3 Å². The second kappa shape index (κ2) is 5.69. The van der Waals surface area contributed by atoms with Crippen LogP contribution >= 0.6 is 11.6 Å². The molecule has 0 radical (unpaired) electrons. The Bertz CT molecular complexity index is 415. The molecule has 0 atom stereocenters. The molecule has 4 nitrogen and oxygen atoms in total. The van der Waals surface area contributed by atoms with Crippen LogP contribution in [0.3, 0.4) is 0 Å². The van der Waals surface area contributed by atoms with E-state index in [-0.39, 0.29) is 24.8 Å². The summed E-state index contributed by atoms with van der Waals surface area (Å²) in [5, 5.41) is 3.76. The fraction of sp³-hybridized carbons (Fsp3) is 0.462. The fourth-order valence-electron chi connectivity index (χ4n) is 1.60. The van der Waals surface area contributed by atoms with Crippen molar-refractivity contribution < 1.29 is 14.3 Å². The second-order valence-electron chi connectivity index (χ2n) is 4.63. The molecular formula is C13H16ClNO3. The maximum absolute atomic E-state index is 11.5. The Morgan fingerprint density at radius 1 is 1.39 bits per heavy atom. The number of hydrogen-bond donors (Lipinski definition) is 1. The molecule has 1 N–H and O–H groups in total. The SMILES string of the molecule is CC1(OCC(=O)OCc2ccc(Cl)cc2)CNC1. The molecule has 5 heteroatoms. The summed E-state index contributed by atoms with van der Waals surface area (Å²) >= 11 is 5.76. The Hall–Kier alpha value is -1.10. The normalized spacial score (nSPS) is 17.0. The van der Waals surface area contributed by atoms with Gasteiger partial charge < -0.3 is 14.8 Å². The van der Waals surface area contributed by atoms with Crippen LogP contribution in [0.25, 0.3) is 0 Å². The number of carbonyl (C=O) groups excluding carboxylic acids is 1. The zero-order valence-corrected chi connectivity index (χ0v) is 11.0. The number of esters is 1. The van der Waals surface area contributed by atoms with E-state index in [2.05, 4.69) is 5.32 Å². The number of nitrogens with one attached hydrogen (secondary N) is 1. The molecule has 0 aromatic heterocycles. The van der Waals surface area contributed by atoms with Gasteiger partial charge in [0.2, 0.25) is 0 Å². The topological polar surface area (TPSA) is 47.6 Å². The zero-order valence-electron chi connectivity index (χ0n) is 10.2. The summed E-state index contributed by atoms with van der Waals surface area (Å²) in [6.45, 7) is 3.75. The van der Waals surface area contributed by atoms with Gasteiger partial charge in [0.05, 0.1) is 5.60 Å². The van der Waals surface area contributed by atoms with E-state index in [1.165, 1.54) is 0 Å². The molecule has 1 aliphatic rings. The average molecular weight is 270 g/mol. The Morgan fingerprint density at radius 3 is 2.61 bits per heavy atom. The smallest absolute Gasteiger partial charge is 0.332 e. The predicted octanol–water partition coefficient (Wildman–Crippen LogP) is 1.76. The minimum absolute atomic E-state index is 0.00816. The lowest BCUT2D eigenvalue weighted by Crippen LogP contribution is -2.59. The maximum atomic E-state index is 11.5. The molecule has 1 aromatic carbocycles. The fourth-order valence-corrected chi connectivity index (χ4v) is 1.72. The van der Waals surface area contributed by atoms with Gasteiger partial charge in [-0.3, -0.25) is 0 Å². The second-order valence-corrected chi connectivity index (χ2v) is 5.07. The first-order chi connectivity index (χ1) is 8.57. The minimum Gasteiger partial charge on any atom is -0.459 e. The zero-order chi connectivity index (χ0) is 13.0. The molecule has 1 fully saturated rings. The highest BCUT2D eigenvalue weighted by Gasteiger charge is 2.33. The summed E-state index contributed by atoms with van der Waals surface area (Å²) in [6, 6.07) is 7.19. The number of ether oxygens (including phenoxy) is 2. The number of hydrogen-bond acceptors (Lipinski definition) is 4. The molecule has 0 saturated carbocycles. The number of carbonyl (C=O) groups is 1. The van der Waals surface area contributed by atoms with Crippen molar-refractivity contribution in [1.82, 2.24) is 5.32 Å². The Kier molecular flexibility index (Phi) is 4.22. The van der Waals surface area contributed by atoms with Crippen LogP contribution in [0.2, 0.25) is 5.02 Å². The van der Waals surface area contributed by atoms with E-state index in [4.69, 9.17) is 21.1 Å². The summed E-state index contributed by atoms with van der Waals surface area (Å²) < 4.78 is 10.6. The first-order valence-corrected chi connectivity index (χ1v) is 6.20. The lowest BCUT2D eigenvalue weighted by atomic mass is 10.0. The summed E-state index contributed by atoms with van der Waals surface area (Å²) in [6.07, 6.45) is 0. The van der Waals surface area contributed by atoms with E-state index in [0.717, 1.165) is 18.7 Å². The Labute approximate surface area is 111 Å². The lowest BCUT2D eigenvalue weighted by molar-refractivity contribution is -0.159. The molecule has 18 heavy (non-hydrogen) atoms. The molecular weight excluding hydrogens is 254 g/mol. The van der Waals surface area contributed by atoms with E-state index in [0.29, 0.717) is 5.02 Å². The number of benzene rings is 1. The third-order valence-corrected chi connectivity index (χ3v) is 3.10. The third kappa shape index (κ3) is 3.70. The molecule has 1 saturated heterocycles. The van der Waals surface area contributed by atoms with Crippen molar-refractivity contribution in [3.63, 3.8) is 0 Å². The summed E-state index contributed by atoms with van der Waals surface area (Å²) in [5.74, 6) is -0.349. The van der Waals surface area contributed by atoms with Crippen molar-refractivity contribution >= 4 is 17.6 Å². The summed E-state index contributed by atoms with van der Waals surface area (Å²) in [7, 11) is 0. The van der Waals surface area contributed by atoms with Gasteiger partial charge in [-0.15, -0.1) is 0 Å². The Morgan fingerprint density at radius 2 is 2.06 bits per heavy atom. The van der Waals surface area contributed by atoms with Gasteiger partial charge in [0.1, 0.15) is 13.2 Å². The quantitative estimate of drug-likeness (QED) is 0.828. The number of rotatable bonds is 5. The van der Waals surface area contributed by atoms with E-state index >= 15 is 0 Å². The van der Waals surface area contributed by atoms with Crippen LogP contribution in [0.1, 0.15) is 12.5 Å². The van der Waals surface area contributed by atoms with Crippen molar-refractivity contribution in [3.8, 4) is 0 Å². The molecule has 0 amide bonds. The van der Waals surface area contributed by atoms with Crippen molar-refractivity contribution in [3.05, 3.63) is 34.9 Å². The largest absolute Gasteiger partial charge is 0.459 e. The maximum Gasteiger partial charge on any atom is 0.332 e. The molecule has 1 heterocycles. The van der Waals surface area contributed by atoms with Gasteiger partial charge in [0, 0.05) is 18.1 Å². The summed E-state index contributed by atoms with van der Waals surface area (Å²) in [5.41, 5.74) is 0.684. The van der Waals surface area contributed by atoms with Crippen LogP contribution in [0.4, 0.5) is 0 Å². The van der Waals surface area contributed by atoms with E-state index in [1.807, 2.05) is 19.1 Å². The Balaban J connectivity index is 1.69. The van der Waals surface area contributed by atoms with Crippen LogP contribution in [0.5, 0.6) is 0 Å². The van der Waals surface area contributed by atoms with Gasteiger partial charge in [0.25, 0.3) is 0 Å². The lowest BCUT2D eigenvalue weighted by Gasteiger charge is -2.38. The van der Waals surface area contributed by atoms with Crippen LogP contribution < -0.4 is 5.32 Å². The highest BCUT2D eigenvalue weighted by molar-refractivity contribution is 6.30. The molecule has 1 aliphatic heterocycles. The van der Waals surface area contributed by atoms with Gasteiger partial charge in [-0.2, -0.15) is 0 Å². The van der Waals surface area contributed by atoms with Crippen LogP contribution in [0.15, 0.2) is 24.3 Å². The number of halogens is 1. The standard InChI is InChI=1S/C13H16ClNO3/c1-13(8-15-9-13)18-7-12(16)17-6-10-2-4-11(14)5-3-10/h2-5,15H,6-9H2,1H3. The highest BCUT2D eigenvalue weighted by Crippen LogP contribution is 2.15. The van der Waals surface area contributed by atoms with Crippen molar-refractivity contribution in [1.29, 1.82) is 0 Å². The van der Waals surface area contributed by atoms with Gasteiger partial charge >= 0.3 is 5.97 Å². The van der Waals surface area contributed by atoms with Crippen LogP contribution in [0, 0.1) is 0 Å². The highest BCUT2D eigenvalue weighted by atomic mass is 35.5. The van der Waals surface area contributed by atoms with Gasteiger partial charge in [-0.05, 0) is 24.6 Å². The average Bonchev–Trinajstić information content (AvgIpc) is 2.33. The molecule has 0 aliphatic carbocycles. The molecule has 2 rings (SSSR count). The molecule has 1 aromatic rings. The van der Waals surface area contributed by atoms with Crippen LogP contribution in [-0.2, 0) is 20.9 Å². The van der Waals surface area contributed by atoms with Gasteiger partial charge in [-0.25, -0.2) is 4.79 Å². The minimum atomic E-state index is -0.349. The first kappa shape index (κ1) is 13.3. The van der Waals surface area contributed by atoms with E-state index in [1.54, 1.807) is 12.1 Å². The van der Waals surface area contributed by atoms with Crippen molar-refractivity contribution in [2.45, 2.75) is 19.1 Å². The monoisotopic (exact) mass is 269 g/mol. The molecule has 0 unspecified atom stereocenters. The summed E-state index contributed by atoms with van der Waals surface area (Å²) in [4.78, 5) is 11.5. The molecule has 98 valence electrons. The first-order valence-electron chi connectivity index (χ1n) is 5.82. The van der Waals surface area contributed by atoms with Crippen molar-refractivity contribution in [2.24, 2.45) is 0 Å². The predicted molar refractivity (Wildman–Crippen MR) is 68.5 cm³/mol. The van der Waals surface area contributed by atoms with E-state index in [9.17, 15) is 4.79 Å². The van der Waals surface area contributed by atoms with Gasteiger partial charge in [0.15, 0.2) is 0 Å².